The fourth-order valence-electron chi connectivity index (χ4n) is 1.10. The first-order chi connectivity index (χ1) is 7.27. The second kappa shape index (κ2) is 3.95. The first kappa shape index (κ1) is 12.2. The molecule has 0 fully saturated rings. The van der Waals surface area contributed by atoms with E-state index in [2.05, 4.69) is 15.3 Å². The van der Waals surface area contributed by atoms with Crippen molar-refractivity contribution in [3.8, 4) is 0 Å². The molecule has 0 unspecified atom stereocenters. The molecular weight excluding hydrogens is 227 g/mol. The summed E-state index contributed by atoms with van der Waals surface area (Å²) in [6, 6.07) is 0. The van der Waals surface area contributed by atoms with Crippen molar-refractivity contribution in [1.29, 1.82) is 0 Å². The zero-order chi connectivity index (χ0) is 12.5. The van der Waals surface area contributed by atoms with Gasteiger partial charge in [0.2, 0.25) is 5.82 Å². The van der Waals surface area contributed by atoms with Crippen LogP contribution in [0.1, 0.15) is 21.9 Å². The zero-order valence-corrected chi connectivity index (χ0v) is 8.38. The summed E-state index contributed by atoms with van der Waals surface area (Å²) in [5, 5.41) is 11.1. The Morgan fingerprint density at radius 1 is 1.38 bits per heavy atom. The number of aromatic nitrogens is 2. The van der Waals surface area contributed by atoms with Crippen LogP contribution >= 0.6 is 0 Å². The minimum atomic E-state index is -4.77. The Bertz CT molecular complexity index is 431. The van der Waals surface area contributed by atoms with Crippen molar-refractivity contribution in [1.82, 2.24) is 9.97 Å². The maximum Gasteiger partial charge on any atom is 0.451 e. The molecule has 5 nitrogen and oxygen atoms in total. The highest BCUT2D eigenvalue weighted by molar-refractivity contribution is 5.88. The lowest BCUT2D eigenvalue weighted by Gasteiger charge is -2.11. The summed E-state index contributed by atoms with van der Waals surface area (Å²) < 4.78 is 37.0. The number of aromatic carboxylic acids is 1. The smallest absolute Gasteiger partial charge is 0.451 e. The minimum absolute atomic E-state index is 0.0583. The van der Waals surface area contributed by atoms with E-state index in [1.807, 2.05) is 0 Å². The molecule has 0 amide bonds. The normalized spacial score (nSPS) is 11.3. The molecular formula is C8H8F3N3O2. The van der Waals surface area contributed by atoms with Gasteiger partial charge in [0, 0.05) is 12.6 Å². The number of hydrogen-bond donors (Lipinski definition) is 2. The quantitative estimate of drug-likeness (QED) is 0.813. The van der Waals surface area contributed by atoms with Gasteiger partial charge in [0.05, 0.1) is 0 Å². The van der Waals surface area contributed by atoms with Crippen LogP contribution in [-0.4, -0.2) is 28.1 Å². The van der Waals surface area contributed by atoms with Crippen LogP contribution in [0, 0.1) is 6.92 Å². The second-order valence-corrected chi connectivity index (χ2v) is 2.92. The molecule has 0 aromatic carbocycles. The summed E-state index contributed by atoms with van der Waals surface area (Å²) in [5.41, 5.74) is -0.602. The van der Waals surface area contributed by atoms with E-state index in [-0.39, 0.29) is 11.4 Å². The van der Waals surface area contributed by atoms with Crippen LogP contribution in [-0.2, 0) is 6.18 Å². The molecule has 1 heterocycles. The number of rotatable bonds is 2. The largest absolute Gasteiger partial charge is 0.476 e. The Morgan fingerprint density at radius 3 is 2.31 bits per heavy atom. The fraction of sp³-hybridized carbons (Fsp3) is 0.375. The number of hydrogen-bond acceptors (Lipinski definition) is 4. The maximum atomic E-state index is 12.3. The van der Waals surface area contributed by atoms with Gasteiger partial charge in [0.1, 0.15) is 5.82 Å². The molecule has 0 saturated heterocycles. The van der Waals surface area contributed by atoms with E-state index >= 15 is 0 Å². The van der Waals surface area contributed by atoms with E-state index < -0.39 is 23.7 Å². The summed E-state index contributed by atoms with van der Waals surface area (Å²) >= 11 is 0. The molecule has 0 spiro atoms. The SMILES string of the molecule is CNc1nc(C(F)(F)F)nc(C(=O)O)c1C. The Balaban J connectivity index is 3.46. The Labute approximate surface area is 88.3 Å². The van der Waals surface area contributed by atoms with Crippen molar-refractivity contribution in [3.63, 3.8) is 0 Å². The van der Waals surface area contributed by atoms with E-state index in [9.17, 15) is 18.0 Å². The third kappa shape index (κ3) is 2.20. The molecule has 0 radical (unpaired) electrons. The number of alkyl halides is 3. The van der Waals surface area contributed by atoms with Crippen molar-refractivity contribution in [3.05, 3.63) is 17.1 Å². The van der Waals surface area contributed by atoms with Crippen molar-refractivity contribution in [2.75, 3.05) is 12.4 Å². The van der Waals surface area contributed by atoms with Crippen LogP contribution in [0.2, 0.25) is 0 Å². The predicted octanol–water partition coefficient (Wildman–Crippen LogP) is 1.54. The molecule has 0 atom stereocenters. The predicted molar refractivity (Wildman–Crippen MR) is 48.3 cm³/mol. The highest BCUT2D eigenvalue weighted by Crippen LogP contribution is 2.28. The van der Waals surface area contributed by atoms with Gasteiger partial charge >= 0.3 is 12.1 Å². The maximum absolute atomic E-state index is 12.3. The summed E-state index contributed by atoms with van der Waals surface area (Å²) in [5.74, 6) is -3.15. The van der Waals surface area contributed by atoms with Crippen LogP contribution in [0.4, 0.5) is 19.0 Å². The van der Waals surface area contributed by atoms with Crippen LogP contribution in [0.5, 0.6) is 0 Å². The van der Waals surface area contributed by atoms with Gasteiger partial charge < -0.3 is 10.4 Å². The number of nitrogens with zero attached hydrogens (tertiary/aromatic N) is 2. The summed E-state index contributed by atoms with van der Waals surface area (Å²) in [4.78, 5) is 16.9. The molecule has 8 heteroatoms. The van der Waals surface area contributed by atoms with Crippen LogP contribution < -0.4 is 5.32 Å². The average Bonchev–Trinajstić information content (AvgIpc) is 2.15. The molecule has 1 aromatic rings. The molecule has 1 rings (SSSR count). The first-order valence-electron chi connectivity index (χ1n) is 4.14. The van der Waals surface area contributed by atoms with Crippen LogP contribution in [0.3, 0.4) is 0 Å². The lowest BCUT2D eigenvalue weighted by atomic mass is 10.2. The van der Waals surface area contributed by atoms with Crippen molar-refractivity contribution in [2.45, 2.75) is 13.1 Å². The van der Waals surface area contributed by atoms with Crippen molar-refractivity contribution < 1.29 is 23.1 Å². The zero-order valence-electron chi connectivity index (χ0n) is 8.38. The summed E-state index contributed by atoms with van der Waals surface area (Å²) in [6.45, 7) is 1.33. The molecule has 0 bridgehead atoms. The Kier molecular flexibility index (Phi) is 3.02. The lowest BCUT2D eigenvalue weighted by molar-refractivity contribution is -0.144. The van der Waals surface area contributed by atoms with E-state index in [0.29, 0.717) is 0 Å². The average molecular weight is 235 g/mol. The molecule has 0 saturated carbocycles. The topological polar surface area (TPSA) is 75.1 Å². The highest BCUT2D eigenvalue weighted by atomic mass is 19.4. The van der Waals surface area contributed by atoms with Gasteiger partial charge in [-0.05, 0) is 6.92 Å². The van der Waals surface area contributed by atoms with Gasteiger partial charge in [-0.2, -0.15) is 13.2 Å². The van der Waals surface area contributed by atoms with Crippen LogP contribution in [0.15, 0.2) is 0 Å². The van der Waals surface area contributed by atoms with E-state index in [4.69, 9.17) is 5.11 Å². The van der Waals surface area contributed by atoms with Gasteiger partial charge in [-0.3, -0.25) is 0 Å². The van der Waals surface area contributed by atoms with Gasteiger partial charge in [-0.25, -0.2) is 14.8 Å². The number of nitrogens with one attached hydrogen (secondary N) is 1. The standard InChI is InChI=1S/C8H8F3N3O2/c1-3-4(6(15)16)13-7(8(9,10)11)14-5(3)12-2/h1-2H3,(H,15,16)(H,12,13,14). The molecule has 16 heavy (non-hydrogen) atoms. The van der Waals surface area contributed by atoms with Crippen molar-refractivity contribution in [2.24, 2.45) is 0 Å². The second-order valence-electron chi connectivity index (χ2n) is 2.92. The third-order valence-corrected chi connectivity index (χ3v) is 1.84. The number of carbonyl (C=O) groups is 1. The van der Waals surface area contributed by atoms with Gasteiger partial charge in [-0.15, -0.1) is 0 Å². The van der Waals surface area contributed by atoms with E-state index in [1.165, 1.54) is 14.0 Å². The van der Waals surface area contributed by atoms with E-state index in [1.54, 1.807) is 0 Å². The molecule has 0 aliphatic rings. The van der Waals surface area contributed by atoms with Crippen molar-refractivity contribution >= 4 is 11.8 Å². The highest BCUT2D eigenvalue weighted by Gasteiger charge is 2.36. The molecule has 88 valence electrons. The molecule has 2 N–H and O–H groups in total. The van der Waals surface area contributed by atoms with Crippen LogP contribution in [0.25, 0.3) is 0 Å². The van der Waals surface area contributed by atoms with Gasteiger partial charge in [0.25, 0.3) is 0 Å². The van der Waals surface area contributed by atoms with Gasteiger partial charge in [0.15, 0.2) is 5.69 Å². The summed E-state index contributed by atoms with van der Waals surface area (Å²) in [7, 11) is 1.35. The summed E-state index contributed by atoms with van der Waals surface area (Å²) in [6.07, 6.45) is -4.77. The third-order valence-electron chi connectivity index (χ3n) is 1.84. The fourth-order valence-corrected chi connectivity index (χ4v) is 1.10. The lowest BCUT2D eigenvalue weighted by Crippen LogP contribution is -2.17. The number of halogens is 3. The first-order valence-corrected chi connectivity index (χ1v) is 4.14. The molecule has 0 aliphatic heterocycles. The Morgan fingerprint density at radius 2 is 1.94 bits per heavy atom. The number of carboxylic acid groups (broad SMARTS) is 1. The van der Waals surface area contributed by atoms with Gasteiger partial charge in [-0.1, -0.05) is 0 Å². The minimum Gasteiger partial charge on any atom is -0.476 e. The Hall–Kier alpha value is -1.86. The molecule has 0 aliphatic carbocycles. The monoisotopic (exact) mass is 235 g/mol. The number of carboxylic acids is 1. The van der Waals surface area contributed by atoms with E-state index in [0.717, 1.165) is 0 Å². The number of anilines is 1. The molecule has 1 aromatic heterocycles.